The Morgan fingerprint density at radius 3 is 2.86 bits per heavy atom. The number of nitrogens with zero attached hydrogens (tertiary/aromatic N) is 2. The summed E-state index contributed by atoms with van der Waals surface area (Å²) in [5, 5.41) is 1.56. The van der Waals surface area contributed by atoms with Crippen LogP contribution in [-0.4, -0.2) is 41.0 Å². The van der Waals surface area contributed by atoms with Gasteiger partial charge in [-0.1, -0.05) is 11.8 Å². The first-order chi connectivity index (χ1) is 10.5. The highest BCUT2D eigenvalue weighted by Gasteiger charge is 2.20. The maximum Gasteiger partial charge on any atom is 0.319 e. The molecule has 7 heteroatoms. The molecule has 0 saturated heterocycles. The van der Waals surface area contributed by atoms with E-state index in [1.807, 2.05) is 13.8 Å². The van der Waals surface area contributed by atoms with Gasteiger partial charge in [-0.05, 0) is 33.3 Å². The van der Waals surface area contributed by atoms with Crippen molar-refractivity contribution in [3.05, 3.63) is 16.8 Å². The van der Waals surface area contributed by atoms with Crippen LogP contribution in [0.15, 0.2) is 11.4 Å². The van der Waals surface area contributed by atoms with Crippen molar-refractivity contribution in [2.45, 2.75) is 38.0 Å². The molecule has 0 fully saturated rings. The Morgan fingerprint density at radius 2 is 2.14 bits per heavy atom. The minimum absolute atomic E-state index is 0.249. The molecule has 0 bridgehead atoms. The van der Waals surface area contributed by atoms with Crippen LogP contribution in [0.1, 0.15) is 24.3 Å². The Bertz CT molecular complexity index is 658. The molecule has 0 aliphatic rings. The molecule has 2 aromatic heterocycles. The molecule has 1 unspecified atom stereocenters. The van der Waals surface area contributed by atoms with Gasteiger partial charge >= 0.3 is 5.97 Å². The number of carbonyl (C=O) groups excluding carboxylic acids is 1. The smallest absolute Gasteiger partial charge is 0.319 e. The van der Waals surface area contributed by atoms with Gasteiger partial charge in [-0.25, -0.2) is 9.97 Å². The van der Waals surface area contributed by atoms with Crippen LogP contribution >= 0.6 is 23.1 Å². The predicted molar refractivity (Wildman–Crippen MR) is 89.7 cm³/mol. The van der Waals surface area contributed by atoms with Crippen LogP contribution in [0.4, 0.5) is 0 Å². The molecular weight excluding hydrogens is 320 g/mol. The first-order valence-electron chi connectivity index (χ1n) is 7.16. The zero-order valence-corrected chi connectivity index (χ0v) is 14.8. The number of aromatic nitrogens is 2. The Kier molecular flexibility index (Phi) is 6.16. The first kappa shape index (κ1) is 17.2. The van der Waals surface area contributed by atoms with Crippen LogP contribution in [0.25, 0.3) is 10.2 Å². The van der Waals surface area contributed by atoms with Gasteiger partial charge in [0.25, 0.3) is 0 Å². The second kappa shape index (κ2) is 7.89. The fourth-order valence-electron chi connectivity index (χ4n) is 1.92. The number of hydrogen-bond acceptors (Lipinski definition) is 7. The maximum atomic E-state index is 12.0. The molecule has 0 saturated carbocycles. The summed E-state index contributed by atoms with van der Waals surface area (Å²) in [6.07, 6.45) is 1.55. The Labute approximate surface area is 138 Å². The van der Waals surface area contributed by atoms with Crippen molar-refractivity contribution in [2.75, 3.05) is 19.8 Å². The van der Waals surface area contributed by atoms with Crippen molar-refractivity contribution in [1.82, 2.24) is 9.97 Å². The van der Waals surface area contributed by atoms with Crippen molar-refractivity contribution >= 4 is 39.3 Å². The van der Waals surface area contributed by atoms with Crippen molar-refractivity contribution in [3.8, 4) is 0 Å². The number of ether oxygens (including phenoxy) is 2. The maximum absolute atomic E-state index is 12.0. The molecule has 0 amide bonds. The summed E-state index contributed by atoms with van der Waals surface area (Å²) in [5.41, 5.74) is 1.18. The van der Waals surface area contributed by atoms with E-state index in [2.05, 4.69) is 23.8 Å². The Hall–Kier alpha value is -1.18. The Morgan fingerprint density at radius 1 is 1.36 bits per heavy atom. The molecule has 1 atom stereocenters. The molecule has 0 aliphatic heterocycles. The fourth-order valence-corrected chi connectivity index (χ4v) is 3.95. The molecule has 120 valence electrons. The van der Waals surface area contributed by atoms with Crippen LogP contribution < -0.4 is 0 Å². The van der Waals surface area contributed by atoms with Crippen molar-refractivity contribution in [1.29, 1.82) is 0 Å². The number of fused-ring (bicyclic) bond motifs is 1. The molecule has 0 aromatic carbocycles. The first-order valence-corrected chi connectivity index (χ1v) is 8.86. The third-order valence-corrected chi connectivity index (χ3v) is 5.42. The molecule has 0 N–H and O–H groups in total. The number of thiophene rings is 1. The van der Waals surface area contributed by atoms with Crippen LogP contribution in [0.3, 0.4) is 0 Å². The third kappa shape index (κ3) is 3.97. The summed E-state index contributed by atoms with van der Waals surface area (Å²) in [6, 6.07) is 0. The molecule has 0 aliphatic carbocycles. The lowest BCUT2D eigenvalue weighted by Gasteiger charge is -2.11. The lowest BCUT2D eigenvalue weighted by Crippen LogP contribution is -2.19. The third-order valence-electron chi connectivity index (χ3n) is 3.23. The van der Waals surface area contributed by atoms with Gasteiger partial charge in [0.15, 0.2) is 0 Å². The van der Waals surface area contributed by atoms with Gasteiger partial charge in [-0.15, -0.1) is 11.3 Å². The number of esters is 1. The average molecular weight is 340 g/mol. The summed E-state index contributed by atoms with van der Waals surface area (Å²) in [7, 11) is 0. The summed E-state index contributed by atoms with van der Waals surface area (Å²) < 4.78 is 10.4. The second-order valence-corrected chi connectivity index (χ2v) is 7.30. The molecule has 2 aromatic rings. The van der Waals surface area contributed by atoms with Crippen molar-refractivity contribution < 1.29 is 14.3 Å². The molecule has 2 rings (SSSR count). The molecular formula is C15H20N2O3S2. The summed E-state index contributed by atoms with van der Waals surface area (Å²) >= 11 is 3.06. The molecule has 2 heterocycles. The SMILES string of the molecule is CCOCCOC(=O)C(C)Sc1ncnc2sc(C)c(C)c12. The Balaban J connectivity index is 2.05. The topological polar surface area (TPSA) is 61.3 Å². The van der Waals surface area contributed by atoms with E-state index in [1.54, 1.807) is 17.7 Å². The molecule has 5 nitrogen and oxygen atoms in total. The monoisotopic (exact) mass is 340 g/mol. The van der Waals surface area contributed by atoms with Gasteiger partial charge in [-0.3, -0.25) is 4.79 Å². The van der Waals surface area contributed by atoms with E-state index in [4.69, 9.17) is 9.47 Å². The second-order valence-electron chi connectivity index (χ2n) is 4.77. The van der Waals surface area contributed by atoms with Gasteiger partial charge in [0, 0.05) is 16.9 Å². The lowest BCUT2D eigenvalue weighted by atomic mass is 10.2. The molecule has 0 radical (unpaired) electrons. The zero-order chi connectivity index (χ0) is 16.1. The standard InChI is InChI=1S/C15H20N2O3S2/c1-5-19-6-7-20-15(18)11(4)22-14-12-9(2)10(3)21-13(12)16-8-17-14/h8,11H,5-7H2,1-4H3. The largest absolute Gasteiger partial charge is 0.462 e. The summed E-state index contributed by atoms with van der Waals surface area (Å²) in [6.45, 7) is 9.21. The van der Waals surface area contributed by atoms with E-state index in [0.717, 1.165) is 15.2 Å². The van der Waals surface area contributed by atoms with Gasteiger partial charge in [0.2, 0.25) is 0 Å². The summed E-state index contributed by atoms with van der Waals surface area (Å²) in [5.74, 6) is -0.249. The van der Waals surface area contributed by atoms with E-state index >= 15 is 0 Å². The summed E-state index contributed by atoms with van der Waals surface area (Å²) in [4.78, 5) is 22.8. The van der Waals surface area contributed by atoms with Crippen molar-refractivity contribution in [3.63, 3.8) is 0 Å². The predicted octanol–water partition coefficient (Wildman–Crippen LogP) is 3.37. The number of carbonyl (C=O) groups is 1. The van der Waals surface area contributed by atoms with Crippen LogP contribution in [0.5, 0.6) is 0 Å². The highest BCUT2D eigenvalue weighted by molar-refractivity contribution is 8.00. The highest BCUT2D eigenvalue weighted by Crippen LogP contribution is 2.35. The minimum Gasteiger partial charge on any atom is -0.462 e. The van der Waals surface area contributed by atoms with Gasteiger partial charge in [0.1, 0.15) is 28.0 Å². The number of thioether (sulfide) groups is 1. The number of aryl methyl sites for hydroxylation is 2. The average Bonchev–Trinajstić information content (AvgIpc) is 2.79. The molecule has 0 spiro atoms. The minimum atomic E-state index is -0.320. The van der Waals surface area contributed by atoms with Gasteiger partial charge in [-0.2, -0.15) is 0 Å². The van der Waals surface area contributed by atoms with Crippen molar-refractivity contribution in [2.24, 2.45) is 0 Å². The number of hydrogen-bond donors (Lipinski definition) is 0. The van der Waals surface area contributed by atoms with Crippen LogP contribution in [0, 0.1) is 13.8 Å². The van der Waals surface area contributed by atoms with Crippen LogP contribution in [0.2, 0.25) is 0 Å². The van der Waals surface area contributed by atoms with E-state index < -0.39 is 0 Å². The number of rotatable bonds is 7. The molecule has 22 heavy (non-hydrogen) atoms. The quantitative estimate of drug-likeness (QED) is 0.333. The van der Waals surface area contributed by atoms with Gasteiger partial charge < -0.3 is 9.47 Å². The highest BCUT2D eigenvalue weighted by atomic mass is 32.2. The normalized spacial score (nSPS) is 12.5. The van der Waals surface area contributed by atoms with Gasteiger partial charge in [0.05, 0.1) is 6.61 Å². The van der Waals surface area contributed by atoms with E-state index in [0.29, 0.717) is 13.2 Å². The van der Waals surface area contributed by atoms with E-state index in [-0.39, 0.29) is 17.8 Å². The van der Waals surface area contributed by atoms with E-state index in [9.17, 15) is 4.79 Å². The fraction of sp³-hybridized carbons (Fsp3) is 0.533. The van der Waals surface area contributed by atoms with E-state index in [1.165, 1.54) is 22.2 Å². The van der Waals surface area contributed by atoms with Crippen LogP contribution in [-0.2, 0) is 14.3 Å². The lowest BCUT2D eigenvalue weighted by molar-refractivity contribution is -0.144. The zero-order valence-electron chi connectivity index (χ0n) is 13.2.